The summed E-state index contributed by atoms with van der Waals surface area (Å²) in [6, 6.07) is 13.6. The quantitative estimate of drug-likeness (QED) is 0.774. The molecule has 1 amide bonds. The molecular weight excluding hydrogens is 270 g/mol. The van der Waals surface area contributed by atoms with Crippen LogP contribution in [-0.2, 0) is 11.2 Å². The summed E-state index contributed by atoms with van der Waals surface area (Å²) in [6.07, 6.45) is -0.0600. The molecule has 0 bridgehead atoms. The van der Waals surface area contributed by atoms with Gasteiger partial charge in [-0.05, 0) is 22.8 Å². The minimum absolute atomic E-state index is 0.464. The van der Waals surface area contributed by atoms with Crippen LogP contribution < -0.4 is 10.1 Å². The Bertz CT molecular complexity index is 724. The van der Waals surface area contributed by atoms with Gasteiger partial charge in [-0.15, -0.1) is 0 Å². The topological polar surface area (TPSA) is 75.6 Å². The molecule has 0 saturated heterocycles. The maximum absolute atomic E-state index is 11.6. The minimum Gasteiger partial charge on any atom is -0.480 e. The van der Waals surface area contributed by atoms with Crippen molar-refractivity contribution in [2.75, 3.05) is 6.54 Å². The summed E-state index contributed by atoms with van der Waals surface area (Å²) in [6.45, 7) is -0.464. The number of ether oxygens (including phenoxy) is 1. The Morgan fingerprint density at radius 2 is 1.86 bits per heavy atom. The molecule has 0 fully saturated rings. The van der Waals surface area contributed by atoms with Crippen molar-refractivity contribution in [1.29, 1.82) is 0 Å². The van der Waals surface area contributed by atoms with Crippen molar-refractivity contribution in [3.8, 4) is 16.9 Å². The van der Waals surface area contributed by atoms with Crippen molar-refractivity contribution < 1.29 is 19.4 Å². The molecule has 1 aliphatic rings. The molecule has 0 heterocycles. The van der Waals surface area contributed by atoms with Crippen molar-refractivity contribution in [2.24, 2.45) is 0 Å². The zero-order chi connectivity index (χ0) is 14.8. The standard InChI is InChI=1S/C16H13NO4/c18-15(19)9-17-16(20)21-14-7-3-6-12-11-5-2-1-4-10(11)8-13(12)14/h1-7H,8-9H2,(H,17,20)(H,18,19). The van der Waals surface area contributed by atoms with Gasteiger partial charge in [-0.1, -0.05) is 36.4 Å². The Morgan fingerprint density at radius 1 is 1.10 bits per heavy atom. The summed E-state index contributed by atoms with van der Waals surface area (Å²) in [5.74, 6) is -0.649. The number of hydrogen-bond acceptors (Lipinski definition) is 3. The highest BCUT2D eigenvalue weighted by molar-refractivity contribution is 5.82. The van der Waals surface area contributed by atoms with E-state index in [1.165, 1.54) is 5.56 Å². The molecule has 5 heteroatoms. The van der Waals surface area contributed by atoms with Gasteiger partial charge in [0.1, 0.15) is 12.3 Å². The molecule has 106 valence electrons. The number of carboxylic acid groups (broad SMARTS) is 1. The van der Waals surface area contributed by atoms with Crippen molar-refractivity contribution >= 4 is 12.1 Å². The predicted molar refractivity (Wildman–Crippen MR) is 76.3 cm³/mol. The van der Waals surface area contributed by atoms with E-state index in [0.29, 0.717) is 12.2 Å². The van der Waals surface area contributed by atoms with Crippen LogP contribution in [0.3, 0.4) is 0 Å². The third-order valence-corrected chi connectivity index (χ3v) is 3.39. The normalized spacial score (nSPS) is 11.4. The van der Waals surface area contributed by atoms with Gasteiger partial charge in [-0.25, -0.2) is 4.79 Å². The Labute approximate surface area is 121 Å². The van der Waals surface area contributed by atoms with Crippen LogP contribution in [0.5, 0.6) is 5.75 Å². The van der Waals surface area contributed by atoms with Gasteiger partial charge in [-0.3, -0.25) is 4.79 Å². The summed E-state index contributed by atoms with van der Waals surface area (Å²) >= 11 is 0. The third-order valence-electron chi connectivity index (χ3n) is 3.39. The van der Waals surface area contributed by atoms with Crippen molar-refractivity contribution in [2.45, 2.75) is 6.42 Å². The maximum atomic E-state index is 11.6. The minimum atomic E-state index is -1.11. The largest absolute Gasteiger partial charge is 0.480 e. The van der Waals surface area contributed by atoms with Gasteiger partial charge >= 0.3 is 12.1 Å². The molecule has 0 spiro atoms. The number of aliphatic carboxylic acids is 1. The Morgan fingerprint density at radius 3 is 2.67 bits per heavy atom. The first kappa shape index (κ1) is 13.2. The predicted octanol–water partition coefficient (Wildman–Crippen LogP) is 2.43. The SMILES string of the molecule is O=C(O)CNC(=O)Oc1cccc2c1Cc1ccccc1-2. The Balaban J connectivity index is 1.83. The van der Waals surface area contributed by atoms with Crippen LogP contribution in [-0.4, -0.2) is 23.7 Å². The fourth-order valence-electron chi connectivity index (χ4n) is 2.51. The third kappa shape index (κ3) is 2.58. The highest BCUT2D eigenvalue weighted by Crippen LogP contribution is 2.40. The molecule has 1 aliphatic carbocycles. The van der Waals surface area contributed by atoms with Gasteiger partial charge in [0, 0.05) is 12.0 Å². The molecule has 2 N–H and O–H groups in total. The van der Waals surface area contributed by atoms with Gasteiger partial charge in [0.15, 0.2) is 0 Å². The zero-order valence-corrected chi connectivity index (χ0v) is 11.1. The van der Waals surface area contributed by atoms with E-state index in [4.69, 9.17) is 9.84 Å². The molecule has 0 unspecified atom stereocenters. The van der Waals surface area contributed by atoms with E-state index in [1.807, 2.05) is 36.4 Å². The number of carboxylic acids is 1. The first-order valence-corrected chi connectivity index (χ1v) is 6.53. The average molecular weight is 283 g/mol. The van der Waals surface area contributed by atoms with Gasteiger partial charge < -0.3 is 15.2 Å². The lowest BCUT2D eigenvalue weighted by Gasteiger charge is -2.09. The molecule has 0 aromatic heterocycles. The van der Waals surface area contributed by atoms with E-state index < -0.39 is 18.6 Å². The van der Waals surface area contributed by atoms with Gasteiger partial charge in [-0.2, -0.15) is 0 Å². The second-order valence-corrected chi connectivity index (χ2v) is 4.75. The van der Waals surface area contributed by atoms with Gasteiger partial charge in [0.25, 0.3) is 0 Å². The molecule has 2 aromatic carbocycles. The monoisotopic (exact) mass is 283 g/mol. The van der Waals surface area contributed by atoms with Crippen LogP contribution in [0, 0.1) is 0 Å². The molecule has 0 aliphatic heterocycles. The van der Waals surface area contributed by atoms with Crippen LogP contribution in [0.25, 0.3) is 11.1 Å². The van der Waals surface area contributed by atoms with E-state index in [1.54, 1.807) is 6.07 Å². The van der Waals surface area contributed by atoms with Crippen LogP contribution in [0.2, 0.25) is 0 Å². The molecule has 21 heavy (non-hydrogen) atoms. The lowest BCUT2D eigenvalue weighted by Crippen LogP contribution is -2.31. The highest BCUT2D eigenvalue weighted by atomic mass is 16.6. The van der Waals surface area contributed by atoms with E-state index in [-0.39, 0.29) is 0 Å². The molecule has 0 radical (unpaired) electrons. The number of amides is 1. The van der Waals surface area contributed by atoms with Crippen LogP contribution >= 0.6 is 0 Å². The van der Waals surface area contributed by atoms with Crippen LogP contribution in [0.1, 0.15) is 11.1 Å². The molecule has 2 aromatic rings. The smallest absolute Gasteiger partial charge is 0.413 e. The number of hydrogen-bond donors (Lipinski definition) is 2. The molecular formula is C16H13NO4. The molecule has 3 rings (SSSR count). The summed E-state index contributed by atoms with van der Waals surface area (Å²) in [5.41, 5.74) is 4.33. The highest BCUT2D eigenvalue weighted by Gasteiger charge is 2.22. The average Bonchev–Trinajstić information content (AvgIpc) is 2.85. The van der Waals surface area contributed by atoms with Crippen molar-refractivity contribution in [3.63, 3.8) is 0 Å². The first-order valence-electron chi connectivity index (χ1n) is 6.53. The lowest BCUT2D eigenvalue weighted by molar-refractivity contribution is -0.135. The van der Waals surface area contributed by atoms with Gasteiger partial charge in [0.2, 0.25) is 0 Å². The van der Waals surface area contributed by atoms with Crippen LogP contribution in [0.4, 0.5) is 4.79 Å². The summed E-state index contributed by atoms with van der Waals surface area (Å²) in [4.78, 5) is 22.0. The summed E-state index contributed by atoms with van der Waals surface area (Å²) in [7, 11) is 0. The summed E-state index contributed by atoms with van der Waals surface area (Å²) < 4.78 is 5.23. The van der Waals surface area contributed by atoms with E-state index >= 15 is 0 Å². The number of nitrogens with one attached hydrogen (secondary N) is 1. The number of carbonyl (C=O) groups is 2. The van der Waals surface area contributed by atoms with Crippen LogP contribution in [0.15, 0.2) is 42.5 Å². The summed E-state index contributed by atoms with van der Waals surface area (Å²) in [5, 5.41) is 10.7. The number of rotatable bonds is 3. The van der Waals surface area contributed by atoms with Crippen molar-refractivity contribution in [3.05, 3.63) is 53.6 Å². The zero-order valence-electron chi connectivity index (χ0n) is 11.1. The number of fused-ring (bicyclic) bond motifs is 3. The second-order valence-electron chi connectivity index (χ2n) is 4.75. The molecule has 5 nitrogen and oxygen atoms in total. The number of benzene rings is 2. The van der Waals surface area contributed by atoms with E-state index in [2.05, 4.69) is 5.32 Å². The lowest BCUT2D eigenvalue weighted by atomic mass is 10.1. The number of carbonyl (C=O) groups excluding carboxylic acids is 1. The van der Waals surface area contributed by atoms with Crippen molar-refractivity contribution in [1.82, 2.24) is 5.32 Å². The second kappa shape index (κ2) is 5.28. The molecule has 0 saturated carbocycles. The first-order chi connectivity index (χ1) is 10.1. The fourth-order valence-corrected chi connectivity index (χ4v) is 2.51. The van der Waals surface area contributed by atoms with E-state index in [9.17, 15) is 9.59 Å². The Hall–Kier alpha value is -2.82. The maximum Gasteiger partial charge on any atom is 0.413 e. The van der Waals surface area contributed by atoms with Gasteiger partial charge in [0.05, 0.1) is 0 Å². The Kier molecular flexibility index (Phi) is 3.31. The fraction of sp³-hybridized carbons (Fsp3) is 0.125. The molecule has 0 atom stereocenters. The van der Waals surface area contributed by atoms with E-state index in [0.717, 1.165) is 16.7 Å².